The van der Waals surface area contributed by atoms with E-state index < -0.39 is 9.84 Å². The van der Waals surface area contributed by atoms with Crippen LogP contribution in [0.1, 0.15) is 32.6 Å². The minimum absolute atomic E-state index is 0. The molecule has 1 atom stereocenters. The average molecular weight is 459 g/mol. The van der Waals surface area contributed by atoms with Crippen molar-refractivity contribution in [1.29, 1.82) is 0 Å². The molecule has 1 unspecified atom stereocenters. The summed E-state index contributed by atoms with van der Waals surface area (Å²) in [7, 11) is -2.81. The van der Waals surface area contributed by atoms with Crippen molar-refractivity contribution in [3.63, 3.8) is 0 Å². The van der Waals surface area contributed by atoms with Crippen molar-refractivity contribution in [2.45, 2.75) is 32.6 Å². The summed E-state index contributed by atoms with van der Waals surface area (Å²) in [6.07, 6.45) is 4.34. The maximum Gasteiger partial charge on any atom is 0.191 e. The highest BCUT2D eigenvalue weighted by Crippen LogP contribution is 2.28. The van der Waals surface area contributed by atoms with E-state index in [0.29, 0.717) is 12.3 Å². The van der Waals surface area contributed by atoms with E-state index in [-0.39, 0.29) is 35.6 Å². The summed E-state index contributed by atoms with van der Waals surface area (Å²) < 4.78 is 28.5. The lowest BCUT2D eigenvalue weighted by Crippen LogP contribution is -2.38. The Morgan fingerprint density at radius 2 is 2.00 bits per heavy atom. The van der Waals surface area contributed by atoms with E-state index in [9.17, 15) is 8.42 Å². The Morgan fingerprint density at radius 3 is 2.61 bits per heavy atom. The number of guanidine groups is 1. The van der Waals surface area contributed by atoms with Crippen molar-refractivity contribution in [3.05, 3.63) is 0 Å². The number of nitrogens with one attached hydrogen (secondary N) is 2. The third-order valence-electron chi connectivity index (χ3n) is 3.99. The van der Waals surface area contributed by atoms with Gasteiger partial charge in [-0.25, -0.2) is 8.42 Å². The molecule has 1 aliphatic heterocycles. The zero-order valence-corrected chi connectivity index (χ0v) is 17.1. The van der Waals surface area contributed by atoms with Gasteiger partial charge in [-0.3, -0.25) is 4.99 Å². The van der Waals surface area contributed by atoms with E-state index >= 15 is 0 Å². The zero-order valence-electron chi connectivity index (χ0n) is 13.9. The highest BCUT2D eigenvalue weighted by molar-refractivity contribution is 14.0. The van der Waals surface area contributed by atoms with Crippen LogP contribution in [0.3, 0.4) is 0 Å². The fourth-order valence-electron chi connectivity index (χ4n) is 2.49. The molecule has 0 aromatic heterocycles. The van der Waals surface area contributed by atoms with Crippen molar-refractivity contribution < 1.29 is 13.2 Å². The van der Waals surface area contributed by atoms with E-state index in [1.54, 1.807) is 0 Å². The minimum atomic E-state index is -2.81. The SMILES string of the molecule is CCNC(=NCC1CCS(=O)(=O)C1)NCCCOCC1CC1.I. The minimum Gasteiger partial charge on any atom is -0.381 e. The molecule has 2 rings (SSSR count). The van der Waals surface area contributed by atoms with Gasteiger partial charge in [0, 0.05) is 32.8 Å². The normalized spacial score (nSPS) is 23.3. The maximum absolute atomic E-state index is 11.4. The van der Waals surface area contributed by atoms with Crippen LogP contribution in [0.5, 0.6) is 0 Å². The number of rotatable bonds is 9. The molecular formula is C15H30IN3O3S. The Kier molecular flexibility index (Phi) is 9.76. The molecule has 2 fully saturated rings. The van der Waals surface area contributed by atoms with E-state index in [1.165, 1.54) is 12.8 Å². The molecule has 0 amide bonds. The van der Waals surface area contributed by atoms with Crippen LogP contribution in [0.2, 0.25) is 0 Å². The molecule has 0 bridgehead atoms. The molecular weight excluding hydrogens is 429 g/mol. The quantitative estimate of drug-likeness (QED) is 0.236. The Morgan fingerprint density at radius 1 is 1.22 bits per heavy atom. The molecule has 0 aromatic carbocycles. The third-order valence-corrected chi connectivity index (χ3v) is 5.82. The van der Waals surface area contributed by atoms with Gasteiger partial charge in [0.1, 0.15) is 0 Å². The van der Waals surface area contributed by atoms with Crippen LogP contribution in [0, 0.1) is 11.8 Å². The van der Waals surface area contributed by atoms with Crippen LogP contribution in [-0.4, -0.2) is 58.7 Å². The van der Waals surface area contributed by atoms with Gasteiger partial charge >= 0.3 is 0 Å². The van der Waals surface area contributed by atoms with Gasteiger partial charge in [0.25, 0.3) is 0 Å². The largest absolute Gasteiger partial charge is 0.381 e. The summed E-state index contributed by atoms with van der Waals surface area (Å²) in [5.74, 6) is 2.35. The van der Waals surface area contributed by atoms with Gasteiger partial charge in [-0.1, -0.05) is 0 Å². The first kappa shape index (κ1) is 21.0. The highest BCUT2D eigenvalue weighted by atomic mass is 127. The van der Waals surface area contributed by atoms with Crippen LogP contribution in [-0.2, 0) is 14.6 Å². The van der Waals surface area contributed by atoms with Crippen LogP contribution in [0.25, 0.3) is 0 Å². The fraction of sp³-hybridized carbons (Fsp3) is 0.933. The van der Waals surface area contributed by atoms with Gasteiger partial charge in [0.2, 0.25) is 0 Å². The molecule has 0 radical (unpaired) electrons. The summed E-state index contributed by atoms with van der Waals surface area (Å²) in [4.78, 5) is 4.51. The van der Waals surface area contributed by atoms with Gasteiger partial charge < -0.3 is 15.4 Å². The Bertz CT molecular complexity index is 467. The molecule has 8 heteroatoms. The number of ether oxygens (including phenoxy) is 1. The van der Waals surface area contributed by atoms with Crippen molar-refractivity contribution in [1.82, 2.24) is 10.6 Å². The van der Waals surface area contributed by atoms with Gasteiger partial charge in [-0.15, -0.1) is 24.0 Å². The highest BCUT2D eigenvalue weighted by Gasteiger charge is 2.27. The lowest BCUT2D eigenvalue weighted by molar-refractivity contribution is 0.123. The number of sulfone groups is 1. The van der Waals surface area contributed by atoms with Crippen molar-refractivity contribution >= 4 is 39.8 Å². The molecule has 1 saturated heterocycles. The van der Waals surface area contributed by atoms with Crippen LogP contribution < -0.4 is 10.6 Å². The smallest absolute Gasteiger partial charge is 0.191 e. The summed E-state index contributed by atoms with van der Waals surface area (Å²) in [5.41, 5.74) is 0. The van der Waals surface area contributed by atoms with E-state index in [0.717, 1.165) is 51.0 Å². The van der Waals surface area contributed by atoms with Crippen LogP contribution >= 0.6 is 24.0 Å². The fourth-order valence-corrected chi connectivity index (χ4v) is 4.34. The molecule has 0 aromatic rings. The number of hydrogen-bond acceptors (Lipinski definition) is 4. The summed E-state index contributed by atoms with van der Waals surface area (Å²) in [6.45, 7) is 5.91. The predicted octanol–water partition coefficient (Wildman–Crippen LogP) is 1.41. The molecule has 1 heterocycles. The second kappa shape index (κ2) is 10.7. The molecule has 0 spiro atoms. The monoisotopic (exact) mass is 459 g/mol. The van der Waals surface area contributed by atoms with Gasteiger partial charge in [0.15, 0.2) is 15.8 Å². The van der Waals surface area contributed by atoms with E-state index in [2.05, 4.69) is 15.6 Å². The Labute approximate surface area is 157 Å². The zero-order chi connectivity index (χ0) is 15.8. The molecule has 23 heavy (non-hydrogen) atoms. The number of aliphatic imine (C=N–C) groups is 1. The van der Waals surface area contributed by atoms with Gasteiger partial charge in [0.05, 0.1) is 11.5 Å². The first-order valence-electron chi connectivity index (χ1n) is 8.39. The van der Waals surface area contributed by atoms with Gasteiger partial charge in [-0.05, 0) is 44.4 Å². The molecule has 2 N–H and O–H groups in total. The average Bonchev–Trinajstić information content (AvgIpc) is 3.23. The lowest BCUT2D eigenvalue weighted by atomic mass is 10.1. The second-order valence-electron chi connectivity index (χ2n) is 6.29. The standard InChI is InChI=1S/C15H29N3O3S.HI/c1-2-16-15(17-7-3-8-21-11-13-4-5-13)18-10-14-6-9-22(19,20)12-14;/h13-14H,2-12H2,1H3,(H2,16,17,18);1H. The summed E-state index contributed by atoms with van der Waals surface area (Å²) >= 11 is 0. The van der Waals surface area contributed by atoms with Crippen LogP contribution in [0.15, 0.2) is 4.99 Å². The lowest BCUT2D eigenvalue weighted by Gasteiger charge is -2.12. The van der Waals surface area contributed by atoms with Crippen LogP contribution in [0.4, 0.5) is 0 Å². The first-order chi connectivity index (χ1) is 10.6. The molecule has 136 valence electrons. The molecule has 6 nitrogen and oxygen atoms in total. The van der Waals surface area contributed by atoms with Gasteiger partial charge in [-0.2, -0.15) is 0 Å². The summed E-state index contributed by atoms with van der Waals surface area (Å²) in [5, 5.41) is 6.47. The first-order valence-corrected chi connectivity index (χ1v) is 10.2. The molecule has 1 saturated carbocycles. The predicted molar refractivity (Wildman–Crippen MR) is 104 cm³/mol. The second-order valence-corrected chi connectivity index (χ2v) is 8.52. The van der Waals surface area contributed by atoms with E-state index in [4.69, 9.17) is 4.74 Å². The van der Waals surface area contributed by atoms with E-state index in [1.807, 2.05) is 6.92 Å². The summed E-state index contributed by atoms with van der Waals surface area (Å²) in [6, 6.07) is 0. The number of nitrogens with zero attached hydrogens (tertiary/aromatic N) is 1. The third kappa shape index (κ3) is 9.09. The Balaban J connectivity index is 0.00000264. The number of halogens is 1. The maximum atomic E-state index is 11.4. The van der Waals surface area contributed by atoms with Crippen molar-refractivity contribution in [2.24, 2.45) is 16.8 Å². The van der Waals surface area contributed by atoms with Crippen molar-refractivity contribution in [2.75, 3.05) is 44.4 Å². The Hall–Kier alpha value is -0.0900. The number of hydrogen-bond donors (Lipinski definition) is 2. The van der Waals surface area contributed by atoms with Crippen molar-refractivity contribution in [3.8, 4) is 0 Å². The molecule has 2 aliphatic rings. The molecule has 1 aliphatic carbocycles. The topological polar surface area (TPSA) is 79.8 Å².